The largest absolute Gasteiger partial charge is 0.389 e. The van der Waals surface area contributed by atoms with E-state index in [9.17, 15) is 0 Å². The van der Waals surface area contributed by atoms with E-state index in [0.29, 0.717) is 4.99 Å². The highest BCUT2D eigenvalue weighted by Crippen LogP contribution is 2.32. The summed E-state index contributed by atoms with van der Waals surface area (Å²) in [5.74, 6) is 2.09. The van der Waals surface area contributed by atoms with Crippen LogP contribution in [0.5, 0.6) is 0 Å². The number of hydrogen-bond donors (Lipinski definition) is 1. The maximum atomic E-state index is 5.91. The topological polar surface area (TPSA) is 42.1 Å². The predicted molar refractivity (Wildman–Crippen MR) is 96.4 cm³/mol. The fourth-order valence-electron chi connectivity index (χ4n) is 2.74. The molecule has 5 heteroatoms. The first-order chi connectivity index (χ1) is 9.96. The number of nitrogens with two attached hydrogens (primary N) is 1. The van der Waals surface area contributed by atoms with Crippen LogP contribution in [0, 0.1) is 0 Å². The van der Waals surface area contributed by atoms with E-state index >= 15 is 0 Å². The Morgan fingerprint density at radius 1 is 1.38 bits per heavy atom. The van der Waals surface area contributed by atoms with Gasteiger partial charge in [0, 0.05) is 34.5 Å². The number of nitrogens with zero attached hydrogens (tertiary/aromatic N) is 2. The van der Waals surface area contributed by atoms with Crippen molar-refractivity contribution in [2.24, 2.45) is 5.73 Å². The molecule has 0 amide bonds. The molecule has 1 fully saturated rings. The Bertz CT molecular complexity index is 697. The molecule has 21 heavy (non-hydrogen) atoms. The minimum Gasteiger partial charge on any atom is -0.389 e. The van der Waals surface area contributed by atoms with Crippen molar-refractivity contribution in [2.45, 2.75) is 18.6 Å². The van der Waals surface area contributed by atoms with Crippen molar-refractivity contribution in [1.82, 2.24) is 4.98 Å². The molecular formula is C16H19N3S2. The maximum absolute atomic E-state index is 5.91. The number of fused-ring (bicyclic) bond motifs is 1. The Morgan fingerprint density at radius 2 is 2.14 bits per heavy atom. The SMILES string of the molecule is CC1(C)CN(c2cc(C(N)=S)c3ccccc3n2)CCS1. The van der Waals surface area contributed by atoms with Crippen LogP contribution in [-0.4, -0.2) is 33.6 Å². The van der Waals surface area contributed by atoms with Crippen LogP contribution in [0.15, 0.2) is 30.3 Å². The first-order valence-corrected chi connectivity index (χ1v) is 8.44. The molecule has 2 heterocycles. The van der Waals surface area contributed by atoms with Crippen LogP contribution >= 0.6 is 24.0 Å². The molecule has 0 radical (unpaired) electrons. The average molecular weight is 317 g/mol. The molecule has 1 aliphatic heterocycles. The van der Waals surface area contributed by atoms with Crippen LogP contribution in [-0.2, 0) is 0 Å². The van der Waals surface area contributed by atoms with Gasteiger partial charge in [0.1, 0.15) is 10.8 Å². The van der Waals surface area contributed by atoms with E-state index in [1.54, 1.807) is 0 Å². The molecule has 0 aliphatic carbocycles. The zero-order valence-electron chi connectivity index (χ0n) is 12.3. The van der Waals surface area contributed by atoms with Crippen molar-refractivity contribution in [3.63, 3.8) is 0 Å². The van der Waals surface area contributed by atoms with E-state index in [2.05, 4.69) is 18.7 Å². The van der Waals surface area contributed by atoms with Crippen molar-refractivity contribution in [1.29, 1.82) is 0 Å². The minimum atomic E-state index is 0.245. The molecule has 1 aromatic heterocycles. The third-order valence-corrected chi connectivity index (χ3v) is 5.23. The first-order valence-electron chi connectivity index (χ1n) is 7.05. The monoisotopic (exact) mass is 317 g/mol. The molecule has 2 N–H and O–H groups in total. The van der Waals surface area contributed by atoms with Gasteiger partial charge in [0.2, 0.25) is 0 Å². The summed E-state index contributed by atoms with van der Waals surface area (Å²) in [6.45, 7) is 6.55. The number of thiocarbonyl (C=S) groups is 1. The lowest BCUT2D eigenvalue weighted by atomic mass is 10.1. The second kappa shape index (κ2) is 5.46. The first kappa shape index (κ1) is 14.6. The molecule has 2 aromatic rings. The number of rotatable bonds is 2. The third-order valence-electron chi connectivity index (χ3n) is 3.72. The Kier molecular flexibility index (Phi) is 3.80. The lowest BCUT2D eigenvalue weighted by Gasteiger charge is -2.38. The van der Waals surface area contributed by atoms with Gasteiger partial charge in [-0.05, 0) is 26.0 Å². The van der Waals surface area contributed by atoms with E-state index in [4.69, 9.17) is 22.9 Å². The zero-order chi connectivity index (χ0) is 15.0. The van der Waals surface area contributed by atoms with E-state index < -0.39 is 0 Å². The van der Waals surface area contributed by atoms with Gasteiger partial charge in [0.15, 0.2) is 0 Å². The number of anilines is 1. The van der Waals surface area contributed by atoms with E-state index in [0.717, 1.165) is 41.1 Å². The van der Waals surface area contributed by atoms with Crippen LogP contribution in [0.3, 0.4) is 0 Å². The van der Waals surface area contributed by atoms with Crippen molar-refractivity contribution in [2.75, 3.05) is 23.7 Å². The third kappa shape index (κ3) is 2.99. The molecule has 0 bridgehead atoms. The Labute approximate surface area is 134 Å². The fraction of sp³-hybridized carbons (Fsp3) is 0.375. The summed E-state index contributed by atoms with van der Waals surface area (Å²) < 4.78 is 0.245. The lowest BCUT2D eigenvalue weighted by molar-refractivity contribution is 0.643. The smallest absolute Gasteiger partial charge is 0.130 e. The Morgan fingerprint density at radius 3 is 2.86 bits per heavy atom. The summed E-state index contributed by atoms with van der Waals surface area (Å²) in [5, 5.41) is 1.03. The second-order valence-corrected chi connectivity index (χ2v) is 8.18. The molecule has 0 saturated carbocycles. The minimum absolute atomic E-state index is 0.245. The predicted octanol–water partition coefficient (Wildman–Crippen LogP) is 3.20. The molecule has 1 aromatic carbocycles. The number of hydrogen-bond acceptors (Lipinski definition) is 4. The van der Waals surface area contributed by atoms with Crippen LogP contribution < -0.4 is 10.6 Å². The summed E-state index contributed by atoms with van der Waals surface area (Å²) in [7, 11) is 0. The fourth-order valence-corrected chi connectivity index (χ4v) is 4.02. The van der Waals surface area contributed by atoms with Crippen LogP contribution in [0.4, 0.5) is 5.82 Å². The molecule has 1 aliphatic rings. The van der Waals surface area contributed by atoms with E-state index in [1.165, 1.54) is 0 Å². The molecule has 1 saturated heterocycles. The summed E-state index contributed by atoms with van der Waals surface area (Å²) >= 11 is 7.24. The van der Waals surface area contributed by atoms with Gasteiger partial charge in [-0.15, -0.1) is 0 Å². The van der Waals surface area contributed by atoms with Crippen LogP contribution in [0.25, 0.3) is 10.9 Å². The van der Waals surface area contributed by atoms with Gasteiger partial charge in [-0.25, -0.2) is 4.98 Å². The van der Waals surface area contributed by atoms with Gasteiger partial charge in [0.25, 0.3) is 0 Å². The van der Waals surface area contributed by atoms with E-state index in [1.807, 2.05) is 42.1 Å². The Balaban J connectivity index is 2.09. The molecule has 0 atom stereocenters. The van der Waals surface area contributed by atoms with Crippen LogP contribution in [0.1, 0.15) is 19.4 Å². The second-order valence-electron chi connectivity index (χ2n) is 5.94. The maximum Gasteiger partial charge on any atom is 0.130 e. The average Bonchev–Trinajstić information content (AvgIpc) is 2.45. The van der Waals surface area contributed by atoms with Crippen molar-refractivity contribution < 1.29 is 0 Å². The van der Waals surface area contributed by atoms with Crippen molar-refractivity contribution in [3.05, 3.63) is 35.9 Å². The number of aromatic nitrogens is 1. The molecule has 0 unspecified atom stereocenters. The molecule has 3 nitrogen and oxygen atoms in total. The highest BCUT2D eigenvalue weighted by atomic mass is 32.2. The van der Waals surface area contributed by atoms with Gasteiger partial charge in [-0.3, -0.25) is 0 Å². The number of para-hydroxylation sites is 1. The molecule has 3 rings (SSSR count). The lowest BCUT2D eigenvalue weighted by Crippen LogP contribution is -2.43. The summed E-state index contributed by atoms with van der Waals surface area (Å²) in [6.07, 6.45) is 0. The number of pyridine rings is 1. The van der Waals surface area contributed by atoms with Gasteiger partial charge < -0.3 is 10.6 Å². The quantitative estimate of drug-likeness (QED) is 0.862. The van der Waals surface area contributed by atoms with Crippen molar-refractivity contribution >= 4 is 45.7 Å². The normalized spacial score (nSPS) is 17.9. The van der Waals surface area contributed by atoms with E-state index in [-0.39, 0.29) is 4.75 Å². The molecular weight excluding hydrogens is 298 g/mol. The Hall–Kier alpha value is -1.33. The summed E-state index contributed by atoms with van der Waals surface area (Å²) in [5.41, 5.74) is 7.78. The highest BCUT2D eigenvalue weighted by Gasteiger charge is 2.28. The molecule has 0 spiro atoms. The van der Waals surface area contributed by atoms with Gasteiger partial charge in [-0.1, -0.05) is 30.4 Å². The zero-order valence-corrected chi connectivity index (χ0v) is 13.9. The summed E-state index contributed by atoms with van der Waals surface area (Å²) in [6, 6.07) is 10.1. The van der Waals surface area contributed by atoms with Gasteiger partial charge in [0.05, 0.1) is 5.52 Å². The molecule has 110 valence electrons. The number of thioether (sulfide) groups is 1. The van der Waals surface area contributed by atoms with Gasteiger partial charge in [-0.2, -0.15) is 11.8 Å². The van der Waals surface area contributed by atoms with Crippen molar-refractivity contribution in [3.8, 4) is 0 Å². The van der Waals surface area contributed by atoms with Crippen LogP contribution in [0.2, 0.25) is 0 Å². The number of benzene rings is 1. The summed E-state index contributed by atoms with van der Waals surface area (Å²) in [4.78, 5) is 7.58. The standard InChI is InChI=1S/C16H19N3S2/c1-16(2)10-19(7-8-21-16)14-9-12(15(17)20)11-5-3-4-6-13(11)18-14/h3-6,9H,7-8,10H2,1-2H3,(H2,17,20). The highest BCUT2D eigenvalue weighted by molar-refractivity contribution is 8.00. The van der Waals surface area contributed by atoms with Gasteiger partial charge >= 0.3 is 0 Å².